The summed E-state index contributed by atoms with van der Waals surface area (Å²) >= 11 is 5.96. The van der Waals surface area contributed by atoms with Gasteiger partial charge in [0.25, 0.3) is 5.91 Å². The average molecular weight is 482 g/mol. The van der Waals surface area contributed by atoms with Crippen LogP contribution in [0.1, 0.15) is 42.1 Å². The summed E-state index contributed by atoms with van der Waals surface area (Å²) in [7, 11) is 0. The number of halogens is 4. The highest BCUT2D eigenvalue weighted by molar-refractivity contribution is 6.34. The third-order valence-corrected chi connectivity index (χ3v) is 6.04. The predicted octanol–water partition coefficient (Wildman–Crippen LogP) is 5.31. The Bertz CT molecular complexity index is 961. The molecule has 1 aliphatic heterocycles. The van der Waals surface area contributed by atoms with E-state index in [0.717, 1.165) is 12.5 Å². The van der Waals surface area contributed by atoms with Gasteiger partial charge in [-0.3, -0.25) is 14.5 Å². The Balaban J connectivity index is 1.63. The number of likely N-dealkylation sites (tertiary alicyclic amines) is 1. The zero-order valence-electron chi connectivity index (χ0n) is 18.4. The van der Waals surface area contributed by atoms with Crippen LogP contribution in [0.2, 0.25) is 5.02 Å². The Morgan fingerprint density at radius 2 is 1.76 bits per heavy atom. The Morgan fingerprint density at radius 1 is 1.09 bits per heavy atom. The molecule has 3 rings (SSSR count). The van der Waals surface area contributed by atoms with E-state index in [-0.39, 0.29) is 23.5 Å². The predicted molar refractivity (Wildman–Crippen MR) is 122 cm³/mol. The van der Waals surface area contributed by atoms with Crippen LogP contribution in [0, 0.1) is 0 Å². The topological polar surface area (TPSA) is 52.7 Å². The highest BCUT2D eigenvalue weighted by Crippen LogP contribution is 2.38. The molecule has 33 heavy (non-hydrogen) atoms. The molecule has 0 bridgehead atoms. The van der Waals surface area contributed by atoms with E-state index in [0.29, 0.717) is 38.0 Å². The van der Waals surface area contributed by atoms with E-state index in [9.17, 15) is 22.8 Å². The van der Waals surface area contributed by atoms with Gasteiger partial charge in [-0.05, 0) is 50.1 Å². The quantitative estimate of drug-likeness (QED) is 0.582. The van der Waals surface area contributed by atoms with Crippen molar-refractivity contribution in [2.75, 3.05) is 31.5 Å². The van der Waals surface area contributed by atoms with E-state index < -0.39 is 23.3 Å². The van der Waals surface area contributed by atoms with E-state index in [2.05, 4.69) is 5.32 Å². The Labute approximate surface area is 196 Å². The summed E-state index contributed by atoms with van der Waals surface area (Å²) in [5.74, 6) is -0.572. The minimum atomic E-state index is -4.63. The number of nitrogens with zero attached hydrogens (tertiary/aromatic N) is 2. The number of piperidine rings is 1. The van der Waals surface area contributed by atoms with Crippen LogP contribution in [0.4, 0.5) is 18.9 Å². The Hall–Kier alpha value is -2.58. The lowest BCUT2D eigenvalue weighted by Gasteiger charge is -2.38. The van der Waals surface area contributed by atoms with E-state index in [4.69, 9.17) is 11.6 Å². The minimum Gasteiger partial charge on any atom is -0.339 e. The molecule has 0 atom stereocenters. The molecule has 9 heteroatoms. The maximum Gasteiger partial charge on any atom is 0.418 e. The summed E-state index contributed by atoms with van der Waals surface area (Å²) in [6, 6.07) is 12.5. The Kier molecular flexibility index (Phi) is 8.37. The molecule has 178 valence electrons. The third kappa shape index (κ3) is 6.48. The molecule has 2 aromatic carbocycles. The first-order valence-electron chi connectivity index (χ1n) is 10.9. The van der Waals surface area contributed by atoms with Crippen LogP contribution in [0.5, 0.6) is 0 Å². The van der Waals surface area contributed by atoms with Crippen molar-refractivity contribution < 1.29 is 22.8 Å². The standard InChI is InChI=1S/C24H27ClF3N3O2/c1-2-13-31(16-21(32)29-22-19(24(26,27)28)9-6-10-20(22)25)18-11-14-30(15-12-18)23(33)17-7-4-3-5-8-17/h3-10,18H,2,11-16H2,1H3,(H,29,32). The second kappa shape index (κ2) is 11.0. The van der Waals surface area contributed by atoms with Gasteiger partial charge in [-0.25, -0.2) is 0 Å². The van der Waals surface area contributed by atoms with E-state index in [1.54, 1.807) is 17.0 Å². The van der Waals surface area contributed by atoms with Crippen LogP contribution in [-0.4, -0.2) is 53.8 Å². The lowest BCUT2D eigenvalue weighted by atomic mass is 10.0. The number of alkyl halides is 3. The molecule has 0 spiro atoms. The number of hydrogen-bond donors (Lipinski definition) is 1. The summed E-state index contributed by atoms with van der Waals surface area (Å²) in [5.41, 5.74) is -0.754. The molecule has 0 unspecified atom stereocenters. The zero-order chi connectivity index (χ0) is 24.0. The van der Waals surface area contributed by atoms with E-state index in [1.807, 2.05) is 30.0 Å². The van der Waals surface area contributed by atoms with Crippen LogP contribution < -0.4 is 5.32 Å². The van der Waals surface area contributed by atoms with Gasteiger partial charge in [-0.2, -0.15) is 13.2 Å². The van der Waals surface area contributed by atoms with Crippen molar-refractivity contribution in [2.24, 2.45) is 0 Å². The first-order valence-corrected chi connectivity index (χ1v) is 11.3. The molecule has 0 saturated carbocycles. The summed E-state index contributed by atoms with van der Waals surface area (Å²) in [5, 5.41) is 2.21. The van der Waals surface area contributed by atoms with Crippen molar-refractivity contribution in [3.63, 3.8) is 0 Å². The fraction of sp³-hybridized carbons (Fsp3) is 0.417. The molecular formula is C24H27ClF3N3O2. The average Bonchev–Trinajstić information content (AvgIpc) is 2.79. The van der Waals surface area contributed by atoms with Crippen molar-refractivity contribution in [2.45, 2.75) is 38.4 Å². The van der Waals surface area contributed by atoms with Gasteiger partial charge < -0.3 is 10.2 Å². The number of benzene rings is 2. The third-order valence-electron chi connectivity index (χ3n) is 5.73. The maximum atomic E-state index is 13.3. The van der Waals surface area contributed by atoms with Gasteiger partial charge in [0, 0.05) is 24.7 Å². The monoisotopic (exact) mass is 481 g/mol. The molecule has 1 N–H and O–H groups in total. The number of hydrogen-bond acceptors (Lipinski definition) is 3. The van der Waals surface area contributed by atoms with Gasteiger partial charge in [-0.1, -0.05) is 42.8 Å². The van der Waals surface area contributed by atoms with Crippen LogP contribution >= 0.6 is 11.6 Å². The summed E-state index contributed by atoms with van der Waals surface area (Å²) in [6.45, 7) is 3.67. The second-order valence-corrected chi connectivity index (χ2v) is 8.48. The summed E-state index contributed by atoms with van der Waals surface area (Å²) in [6.07, 6.45) is -2.47. The van der Waals surface area contributed by atoms with Crippen LogP contribution in [-0.2, 0) is 11.0 Å². The SMILES string of the molecule is CCCN(CC(=O)Nc1c(Cl)cccc1C(F)(F)F)C1CCN(C(=O)c2ccccc2)CC1. The van der Waals surface area contributed by atoms with Gasteiger partial charge >= 0.3 is 6.18 Å². The van der Waals surface area contributed by atoms with Gasteiger partial charge in [0.15, 0.2) is 0 Å². The lowest BCUT2D eigenvalue weighted by Crippen LogP contribution is -2.49. The molecule has 1 heterocycles. The summed E-state index contributed by atoms with van der Waals surface area (Å²) < 4.78 is 40.0. The largest absolute Gasteiger partial charge is 0.418 e. The molecule has 2 amide bonds. The molecular weight excluding hydrogens is 455 g/mol. The zero-order valence-corrected chi connectivity index (χ0v) is 19.1. The first kappa shape index (κ1) is 25.1. The fourth-order valence-corrected chi connectivity index (χ4v) is 4.35. The minimum absolute atomic E-state index is 0.0211. The van der Waals surface area contributed by atoms with Crippen molar-refractivity contribution in [1.29, 1.82) is 0 Å². The van der Waals surface area contributed by atoms with E-state index >= 15 is 0 Å². The number of anilines is 1. The van der Waals surface area contributed by atoms with E-state index in [1.165, 1.54) is 12.1 Å². The van der Waals surface area contributed by atoms with Crippen LogP contribution in [0.3, 0.4) is 0 Å². The molecule has 1 aliphatic rings. The molecule has 1 fully saturated rings. The van der Waals surface area contributed by atoms with Crippen LogP contribution in [0.15, 0.2) is 48.5 Å². The molecule has 2 aromatic rings. The van der Waals surface area contributed by atoms with Crippen molar-refractivity contribution in [3.8, 4) is 0 Å². The number of para-hydroxylation sites is 1. The smallest absolute Gasteiger partial charge is 0.339 e. The fourth-order valence-electron chi connectivity index (χ4n) is 4.13. The Morgan fingerprint density at radius 3 is 2.36 bits per heavy atom. The lowest BCUT2D eigenvalue weighted by molar-refractivity contribution is -0.137. The second-order valence-electron chi connectivity index (χ2n) is 8.07. The highest BCUT2D eigenvalue weighted by Gasteiger charge is 2.35. The number of rotatable bonds is 7. The van der Waals surface area contributed by atoms with Crippen molar-refractivity contribution >= 4 is 29.1 Å². The van der Waals surface area contributed by atoms with Crippen molar-refractivity contribution in [1.82, 2.24) is 9.80 Å². The van der Waals surface area contributed by atoms with Crippen molar-refractivity contribution in [3.05, 3.63) is 64.7 Å². The number of amides is 2. The number of nitrogens with one attached hydrogen (secondary N) is 1. The highest BCUT2D eigenvalue weighted by atomic mass is 35.5. The van der Waals surface area contributed by atoms with Gasteiger partial charge in [-0.15, -0.1) is 0 Å². The normalized spacial score (nSPS) is 15.0. The molecule has 5 nitrogen and oxygen atoms in total. The molecule has 0 aliphatic carbocycles. The number of carbonyl (C=O) groups is 2. The van der Waals surface area contributed by atoms with Gasteiger partial charge in [0.05, 0.1) is 22.8 Å². The van der Waals surface area contributed by atoms with Gasteiger partial charge in [0.2, 0.25) is 5.91 Å². The molecule has 0 aromatic heterocycles. The first-order chi connectivity index (χ1) is 15.7. The molecule has 1 saturated heterocycles. The summed E-state index contributed by atoms with van der Waals surface area (Å²) in [4.78, 5) is 29.1. The molecule has 0 radical (unpaired) electrons. The van der Waals surface area contributed by atoms with Crippen LogP contribution in [0.25, 0.3) is 0 Å². The number of carbonyl (C=O) groups excluding carboxylic acids is 2. The van der Waals surface area contributed by atoms with Gasteiger partial charge in [0.1, 0.15) is 0 Å². The maximum absolute atomic E-state index is 13.3.